The fourth-order valence-corrected chi connectivity index (χ4v) is 3.07. The molecule has 0 rings (SSSR count). The molecule has 0 unspecified atom stereocenters. The third-order valence-corrected chi connectivity index (χ3v) is 4.80. The number of nitrogens with two attached hydrogens (primary N) is 1. The number of carboxylic acid groups (broad SMARTS) is 1. The first-order valence-electron chi connectivity index (χ1n) is 10.3. The van der Waals surface area contributed by atoms with Crippen molar-refractivity contribution in [2.75, 3.05) is 0 Å². The zero-order valence-electron chi connectivity index (χ0n) is 15.8. The lowest BCUT2D eigenvalue weighted by atomic mass is 10.0. The lowest BCUT2D eigenvalue weighted by Gasteiger charge is -2.14. The van der Waals surface area contributed by atoms with E-state index in [1.807, 2.05) is 0 Å². The van der Waals surface area contributed by atoms with Crippen molar-refractivity contribution < 1.29 is 15.0 Å². The van der Waals surface area contributed by atoms with Crippen molar-refractivity contribution >= 4 is 5.97 Å². The molecule has 0 spiro atoms. The zero-order chi connectivity index (χ0) is 18.0. The van der Waals surface area contributed by atoms with Crippen molar-refractivity contribution in [2.45, 2.75) is 122 Å². The van der Waals surface area contributed by atoms with Crippen molar-refractivity contribution in [1.82, 2.24) is 0 Å². The molecule has 0 heterocycles. The Morgan fingerprint density at radius 1 is 0.750 bits per heavy atom. The lowest BCUT2D eigenvalue weighted by molar-refractivity contribution is -0.141. The molecule has 0 aliphatic heterocycles. The van der Waals surface area contributed by atoms with E-state index >= 15 is 0 Å². The Labute approximate surface area is 149 Å². The zero-order valence-corrected chi connectivity index (χ0v) is 15.8. The van der Waals surface area contributed by atoms with Gasteiger partial charge in [0.15, 0.2) is 0 Å². The number of carboxylic acids is 1. The minimum absolute atomic E-state index is 0.492. The third kappa shape index (κ3) is 14.9. The molecule has 0 aliphatic rings. The second kappa shape index (κ2) is 17.2. The predicted octanol–water partition coefficient (Wildman–Crippen LogP) is 5.02. The molecule has 144 valence electrons. The van der Waals surface area contributed by atoms with Gasteiger partial charge in [-0.3, -0.25) is 4.79 Å². The summed E-state index contributed by atoms with van der Waals surface area (Å²) in [6.07, 6.45) is 19.1. The summed E-state index contributed by atoms with van der Waals surface area (Å²) >= 11 is 0. The average Bonchev–Trinajstić information content (AvgIpc) is 2.57. The number of aliphatic hydroxyl groups is 1. The van der Waals surface area contributed by atoms with Crippen LogP contribution < -0.4 is 5.73 Å². The number of unbranched alkanes of at least 4 members (excludes halogenated alkanes) is 14. The van der Waals surface area contributed by atoms with Gasteiger partial charge in [-0.1, -0.05) is 103 Å². The Balaban J connectivity index is 3.16. The number of carbonyl (C=O) groups is 1. The average molecular weight is 344 g/mol. The second-order valence-electron chi connectivity index (χ2n) is 7.17. The highest BCUT2D eigenvalue weighted by atomic mass is 16.4. The molecule has 2 atom stereocenters. The lowest BCUT2D eigenvalue weighted by Crippen LogP contribution is -2.41. The first-order chi connectivity index (χ1) is 11.6. The molecule has 0 radical (unpaired) electrons. The normalized spacial score (nSPS) is 13.8. The first kappa shape index (κ1) is 23.4. The summed E-state index contributed by atoms with van der Waals surface area (Å²) < 4.78 is 0. The fraction of sp³-hybridized carbons (Fsp3) is 0.950. The Kier molecular flexibility index (Phi) is 16.8. The maximum atomic E-state index is 10.6. The number of aliphatic hydroxyl groups excluding tert-OH is 1. The monoisotopic (exact) mass is 343 g/mol. The van der Waals surface area contributed by atoms with Gasteiger partial charge in [-0.05, 0) is 6.42 Å². The van der Waals surface area contributed by atoms with Gasteiger partial charge in [0.2, 0.25) is 0 Å². The molecule has 0 amide bonds. The predicted molar refractivity (Wildman–Crippen MR) is 101 cm³/mol. The van der Waals surface area contributed by atoms with Gasteiger partial charge in [-0.2, -0.15) is 0 Å². The van der Waals surface area contributed by atoms with Gasteiger partial charge in [-0.15, -0.1) is 0 Å². The molecule has 0 aliphatic carbocycles. The molecule has 0 saturated carbocycles. The van der Waals surface area contributed by atoms with E-state index in [0.29, 0.717) is 6.42 Å². The minimum atomic E-state index is -1.14. The van der Waals surface area contributed by atoms with Crippen LogP contribution in [0.15, 0.2) is 0 Å². The summed E-state index contributed by atoms with van der Waals surface area (Å²) in [5.41, 5.74) is 5.37. The SMILES string of the molecule is CCCCCCCCCCCCCCCCC[C@@H](O)[C@H](N)C(=O)O. The summed E-state index contributed by atoms with van der Waals surface area (Å²) in [6.45, 7) is 2.26. The highest BCUT2D eigenvalue weighted by Gasteiger charge is 2.20. The van der Waals surface area contributed by atoms with Crippen LogP contribution in [0.1, 0.15) is 110 Å². The third-order valence-electron chi connectivity index (χ3n) is 4.80. The van der Waals surface area contributed by atoms with Crippen LogP contribution in [-0.2, 0) is 4.79 Å². The smallest absolute Gasteiger partial charge is 0.323 e. The quantitative estimate of drug-likeness (QED) is 0.305. The summed E-state index contributed by atoms with van der Waals surface area (Å²) in [6, 6.07) is -1.14. The summed E-state index contributed by atoms with van der Waals surface area (Å²) in [5.74, 6) is -1.12. The fourth-order valence-electron chi connectivity index (χ4n) is 3.07. The Hall–Kier alpha value is -0.610. The van der Waals surface area contributed by atoms with Crippen molar-refractivity contribution in [2.24, 2.45) is 5.73 Å². The van der Waals surface area contributed by atoms with E-state index in [9.17, 15) is 9.90 Å². The molecule has 0 fully saturated rings. The number of aliphatic carboxylic acids is 1. The van der Waals surface area contributed by atoms with Crippen LogP contribution in [-0.4, -0.2) is 28.3 Å². The Morgan fingerprint density at radius 3 is 1.42 bits per heavy atom. The van der Waals surface area contributed by atoms with Crippen molar-refractivity contribution in [3.8, 4) is 0 Å². The van der Waals surface area contributed by atoms with Gasteiger partial charge in [0.1, 0.15) is 6.04 Å². The van der Waals surface area contributed by atoms with Crippen LogP contribution in [0.25, 0.3) is 0 Å². The van der Waals surface area contributed by atoms with Crippen molar-refractivity contribution in [3.05, 3.63) is 0 Å². The Bertz CT molecular complexity index is 284. The van der Waals surface area contributed by atoms with E-state index in [1.54, 1.807) is 0 Å². The molecular weight excluding hydrogens is 302 g/mol. The van der Waals surface area contributed by atoms with E-state index in [4.69, 9.17) is 10.8 Å². The van der Waals surface area contributed by atoms with Crippen LogP contribution in [0.3, 0.4) is 0 Å². The molecule has 4 N–H and O–H groups in total. The molecule has 0 saturated heterocycles. The highest BCUT2D eigenvalue weighted by Crippen LogP contribution is 2.14. The van der Waals surface area contributed by atoms with Crippen LogP contribution in [0.4, 0.5) is 0 Å². The summed E-state index contributed by atoms with van der Waals surface area (Å²) in [4.78, 5) is 10.6. The van der Waals surface area contributed by atoms with Crippen LogP contribution >= 0.6 is 0 Å². The molecule has 0 aromatic rings. The molecule has 4 nitrogen and oxygen atoms in total. The van der Waals surface area contributed by atoms with Gasteiger partial charge < -0.3 is 15.9 Å². The minimum Gasteiger partial charge on any atom is -0.480 e. The van der Waals surface area contributed by atoms with E-state index in [1.165, 1.54) is 83.5 Å². The van der Waals surface area contributed by atoms with Gasteiger partial charge in [0.05, 0.1) is 6.10 Å². The molecule has 0 aromatic heterocycles. The van der Waals surface area contributed by atoms with Gasteiger partial charge >= 0.3 is 5.97 Å². The number of hydrogen-bond acceptors (Lipinski definition) is 3. The molecule has 4 heteroatoms. The standard InChI is InChI=1S/C20H41NO3/c1-2-3-4-5-6-7-8-9-10-11-12-13-14-15-16-17-18(22)19(21)20(23)24/h18-19,22H,2-17,21H2,1H3,(H,23,24)/t18-,19+/m1/s1. The number of rotatable bonds is 18. The Morgan fingerprint density at radius 2 is 1.08 bits per heavy atom. The van der Waals surface area contributed by atoms with Gasteiger partial charge in [-0.25, -0.2) is 0 Å². The maximum absolute atomic E-state index is 10.6. The van der Waals surface area contributed by atoms with Crippen LogP contribution in [0.2, 0.25) is 0 Å². The first-order valence-corrected chi connectivity index (χ1v) is 10.3. The van der Waals surface area contributed by atoms with Crippen LogP contribution in [0, 0.1) is 0 Å². The van der Waals surface area contributed by atoms with E-state index in [-0.39, 0.29) is 0 Å². The topological polar surface area (TPSA) is 83.5 Å². The maximum Gasteiger partial charge on any atom is 0.323 e. The molecule has 0 bridgehead atoms. The largest absolute Gasteiger partial charge is 0.480 e. The molecular formula is C20H41NO3. The van der Waals surface area contributed by atoms with Crippen molar-refractivity contribution in [3.63, 3.8) is 0 Å². The van der Waals surface area contributed by atoms with Gasteiger partial charge in [0.25, 0.3) is 0 Å². The number of hydrogen-bond donors (Lipinski definition) is 3. The summed E-state index contributed by atoms with van der Waals surface area (Å²) in [5, 5.41) is 18.3. The van der Waals surface area contributed by atoms with E-state index < -0.39 is 18.1 Å². The van der Waals surface area contributed by atoms with E-state index in [2.05, 4.69) is 6.92 Å². The highest BCUT2D eigenvalue weighted by molar-refractivity contribution is 5.73. The van der Waals surface area contributed by atoms with Crippen LogP contribution in [0.5, 0.6) is 0 Å². The van der Waals surface area contributed by atoms with E-state index in [0.717, 1.165) is 12.8 Å². The second-order valence-corrected chi connectivity index (χ2v) is 7.17. The summed E-state index contributed by atoms with van der Waals surface area (Å²) in [7, 11) is 0. The van der Waals surface area contributed by atoms with Gasteiger partial charge in [0, 0.05) is 0 Å². The molecule has 24 heavy (non-hydrogen) atoms. The molecule has 0 aromatic carbocycles. The van der Waals surface area contributed by atoms with Crippen molar-refractivity contribution in [1.29, 1.82) is 0 Å².